The lowest BCUT2D eigenvalue weighted by molar-refractivity contribution is -0.721. The molecule has 0 aromatic carbocycles. The Morgan fingerprint density at radius 1 is 1.59 bits per heavy atom. The Morgan fingerprint density at radius 3 is 3.12 bits per heavy atom. The van der Waals surface area contributed by atoms with Gasteiger partial charge in [0.25, 0.3) is 0 Å². The summed E-state index contributed by atoms with van der Waals surface area (Å²) < 4.78 is 1.96. The Balaban J connectivity index is 2.33. The second-order valence-corrected chi connectivity index (χ2v) is 5.81. The highest BCUT2D eigenvalue weighted by Crippen LogP contribution is 2.24. The van der Waals surface area contributed by atoms with E-state index in [1.165, 1.54) is 17.7 Å². The van der Waals surface area contributed by atoms with Crippen LogP contribution >= 0.6 is 11.8 Å². The largest absolute Gasteiger partial charge is 0.495 e. The molecule has 1 aliphatic carbocycles. The number of rotatable bonds is 4. The van der Waals surface area contributed by atoms with Crippen molar-refractivity contribution >= 4 is 11.8 Å². The summed E-state index contributed by atoms with van der Waals surface area (Å²) >= 11 is 1.92. The molecule has 1 unspecified atom stereocenters. The molecule has 1 aliphatic rings. The lowest BCUT2D eigenvalue weighted by Gasteiger charge is -2.21. The van der Waals surface area contributed by atoms with Gasteiger partial charge in [-0.15, -0.1) is 0 Å². The number of unbranched alkanes of at least 4 members (excludes halogenated alkanes) is 1. The van der Waals surface area contributed by atoms with Crippen molar-refractivity contribution in [3.63, 3.8) is 0 Å². The zero-order valence-electron chi connectivity index (χ0n) is 10.7. The monoisotopic (exact) mass is 253 g/mol. The van der Waals surface area contributed by atoms with Gasteiger partial charge in [0.05, 0.1) is 12.7 Å². The molecule has 0 bridgehead atoms. The van der Waals surface area contributed by atoms with Crippen molar-refractivity contribution in [2.45, 2.75) is 50.8 Å². The van der Waals surface area contributed by atoms with Crippen LogP contribution in [0.1, 0.15) is 37.4 Å². The number of aryl methyl sites for hydroxylation is 1. The summed E-state index contributed by atoms with van der Waals surface area (Å²) in [5, 5.41) is 0.678. The summed E-state index contributed by atoms with van der Waals surface area (Å²) in [6.07, 6.45) is 9.66. The smallest absolute Gasteiger partial charge is 0.211 e. The third kappa shape index (κ3) is 2.73. The van der Waals surface area contributed by atoms with Crippen LogP contribution in [-0.2, 0) is 19.4 Å². The third-order valence-corrected chi connectivity index (χ3v) is 4.61. The lowest BCUT2D eigenvalue weighted by Crippen LogP contribution is -2.56. The van der Waals surface area contributed by atoms with Gasteiger partial charge in [-0.25, -0.2) is 4.98 Å². The molecule has 0 saturated carbocycles. The van der Waals surface area contributed by atoms with Crippen LogP contribution in [0.4, 0.5) is 0 Å². The number of nitrogens with zero attached hydrogens (tertiary/aromatic N) is 1. The molecule has 0 fully saturated rings. The van der Waals surface area contributed by atoms with Gasteiger partial charge < -0.3 is 0 Å². The van der Waals surface area contributed by atoms with E-state index in [1.54, 1.807) is 0 Å². The van der Waals surface area contributed by atoms with Crippen molar-refractivity contribution in [1.29, 1.82) is 0 Å². The number of hydrogen-bond donors (Lipinski definition) is 1. The average molecular weight is 253 g/mol. The van der Waals surface area contributed by atoms with Gasteiger partial charge in [0.2, 0.25) is 0 Å². The highest BCUT2D eigenvalue weighted by molar-refractivity contribution is 7.99. The SMILES string of the molecule is CCCC[n+]1c2c(c[nH]c1=O)CCC(SC)C2. The van der Waals surface area contributed by atoms with Crippen LogP contribution in [0.5, 0.6) is 0 Å². The number of nitrogens with one attached hydrogen (secondary N) is 1. The Kier molecular flexibility index (Phi) is 4.26. The Morgan fingerprint density at radius 2 is 2.41 bits per heavy atom. The van der Waals surface area contributed by atoms with Crippen LogP contribution in [-0.4, -0.2) is 16.5 Å². The molecule has 4 heteroatoms. The van der Waals surface area contributed by atoms with Crippen molar-refractivity contribution in [2.24, 2.45) is 0 Å². The van der Waals surface area contributed by atoms with E-state index in [0.29, 0.717) is 5.25 Å². The maximum atomic E-state index is 11.9. The quantitative estimate of drug-likeness (QED) is 0.829. The minimum absolute atomic E-state index is 0.0546. The first kappa shape index (κ1) is 12.7. The van der Waals surface area contributed by atoms with Gasteiger partial charge in [0.15, 0.2) is 0 Å². The summed E-state index contributed by atoms with van der Waals surface area (Å²) in [7, 11) is 0. The fourth-order valence-electron chi connectivity index (χ4n) is 2.45. The topological polar surface area (TPSA) is 36.7 Å². The van der Waals surface area contributed by atoms with E-state index in [4.69, 9.17) is 0 Å². The van der Waals surface area contributed by atoms with E-state index in [2.05, 4.69) is 18.2 Å². The van der Waals surface area contributed by atoms with Gasteiger partial charge >= 0.3 is 5.69 Å². The summed E-state index contributed by atoms with van der Waals surface area (Å²) in [6, 6.07) is 0. The van der Waals surface area contributed by atoms with Crippen molar-refractivity contribution in [3.8, 4) is 0 Å². The van der Waals surface area contributed by atoms with Crippen LogP contribution in [0, 0.1) is 0 Å². The number of aromatic nitrogens is 2. The zero-order chi connectivity index (χ0) is 12.3. The van der Waals surface area contributed by atoms with Gasteiger partial charge in [0.1, 0.15) is 5.69 Å². The van der Waals surface area contributed by atoms with Crippen molar-refractivity contribution in [2.75, 3.05) is 6.26 Å². The molecule has 0 aliphatic heterocycles. The molecular weight excluding hydrogens is 232 g/mol. The number of aromatic amines is 1. The molecule has 0 radical (unpaired) electrons. The molecule has 0 spiro atoms. The van der Waals surface area contributed by atoms with Gasteiger partial charge in [-0.05, 0) is 25.5 Å². The number of thioether (sulfide) groups is 1. The third-order valence-electron chi connectivity index (χ3n) is 3.54. The van der Waals surface area contributed by atoms with Gasteiger partial charge in [-0.2, -0.15) is 21.1 Å². The second-order valence-electron chi connectivity index (χ2n) is 4.67. The Labute approximate surface area is 107 Å². The summed E-state index contributed by atoms with van der Waals surface area (Å²) in [5.74, 6) is 0. The van der Waals surface area contributed by atoms with Crippen LogP contribution in [0.2, 0.25) is 0 Å². The summed E-state index contributed by atoms with van der Waals surface area (Å²) in [6.45, 7) is 3.02. The zero-order valence-corrected chi connectivity index (χ0v) is 11.5. The summed E-state index contributed by atoms with van der Waals surface area (Å²) in [5.41, 5.74) is 2.66. The van der Waals surface area contributed by atoms with E-state index in [-0.39, 0.29) is 5.69 Å². The number of hydrogen-bond acceptors (Lipinski definition) is 2. The van der Waals surface area contributed by atoms with E-state index >= 15 is 0 Å². The standard InChI is InChI=1S/C13H20N2OS/c1-3-4-7-15-12-8-11(17-2)6-5-10(12)9-14-13(15)16/h9,11H,3-8H2,1-2H3/p+1. The highest BCUT2D eigenvalue weighted by Gasteiger charge is 2.25. The van der Waals surface area contributed by atoms with Crippen molar-refractivity contribution in [3.05, 3.63) is 27.9 Å². The van der Waals surface area contributed by atoms with E-state index in [1.807, 2.05) is 22.5 Å². The summed E-state index contributed by atoms with van der Waals surface area (Å²) in [4.78, 5) is 14.8. The molecule has 1 N–H and O–H groups in total. The predicted octanol–water partition coefficient (Wildman–Crippen LogP) is 1.68. The lowest BCUT2D eigenvalue weighted by atomic mass is 9.96. The second kappa shape index (κ2) is 5.71. The Hall–Kier alpha value is -0.770. The normalized spacial score (nSPS) is 19.1. The molecule has 2 rings (SSSR count). The average Bonchev–Trinajstić information content (AvgIpc) is 2.37. The molecule has 94 valence electrons. The minimum Gasteiger partial charge on any atom is -0.211 e. The fourth-order valence-corrected chi connectivity index (χ4v) is 3.13. The van der Waals surface area contributed by atoms with Gasteiger partial charge in [0, 0.05) is 17.2 Å². The van der Waals surface area contributed by atoms with E-state index in [0.717, 1.165) is 32.2 Å². The van der Waals surface area contributed by atoms with Gasteiger partial charge in [-0.3, -0.25) is 0 Å². The molecule has 3 nitrogen and oxygen atoms in total. The molecule has 1 aromatic heterocycles. The van der Waals surface area contributed by atoms with Crippen molar-refractivity contribution < 1.29 is 4.57 Å². The van der Waals surface area contributed by atoms with Gasteiger partial charge in [-0.1, -0.05) is 13.3 Å². The molecule has 1 atom stereocenters. The van der Waals surface area contributed by atoms with Crippen LogP contribution in [0.25, 0.3) is 0 Å². The maximum Gasteiger partial charge on any atom is 0.495 e. The van der Waals surface area contributed by atoms with Crippen molar-refractivity contribution in [1.82, 2.24) is 4.98 Å². The first-order valence-corrected chi connectivity index (χ1v) is 7.71. The molecule has 1 aromatic rings. The van der Waals surface area contributed by atoms with E-state index < -0.39 is 0 Å². The van der Waals surface area contributed by atoms with E-state index in [9.17, 15) is 4.79 Å². The molecular formula is C13H21N2OS+. The van der Waals surface area contributed by atoms with Crippen LogP contribution in [0.3, 0.4) is 0 Å². The minimum atomic E-state index is 0.0546. The fraction of sp³-hybridized carbons (Fsp3) is 0.692. The molecule has 0 amide bonds. The molecule has 17 heavy (non-hydrogen) atoms. The molecule has 0 saturated heterocycles. The highest BCUT2D eigenvalue weighted by atomic mass is 32.2. The number of fused-ring (bicyclic) bond motifs is 1. The van der Waals surface area contributed by atoms with Crippen LogP contribution < -0.4 is 10.3 Å². The predicted molar refractivity (Wildman–Crippen MR) is 71.5 cm³/mol. The first-order chi connectivity index (χ1) is 8.26. The van der Waals surface area contributed by atoms with Crippen LogP contribution in [0.15, 0.2) is 11.0 Å². The molecule has 1 heterocycles. The first-order valence-electron chi connectivity index (χ1n) is 6.42. The Bertz CT molecular complexity index is 442. The maximum absolute atomic E-state index is 11.9. The number of H-pyrrole nitrogens is 1.